The van der Waals surface area contributed by atoms with Gasteiger partial charge in [0.25, 0.3) is 0 Å². The summed E-state index contributed by atoms with van der Waals surface area (Å²) in [6.45, 7) is 4.32. The lowest BCUT2D eigenvalue weighted by Gasteiger charge is -2.22. The number of piperidine rings is 1. The zero-order valence-electron chi connectivity index (χ0n) is 11.8. The summed E-state index contributed by atoms with van der Waals surface area (Å²) in [5.41, 5.74) is 0. The van der Waals surface area contributed by atoms with Crippen LogP contribution in [0.3, 0.4) is 0 Å². The Morgan fingerprint density at radius 2 is 2.15 bits per heavy atom. The van der Waals surface area contributed by atoms with Crippen molar-refractivity contribution in [3.05, 3.63) is 11.7 Å². The second kappa shape index (κ2) is 7.15. The highest BCUT2D eigenvalue weighted by molar-refractivity contribution is 4.95. The first-order valence-electron chi connectivity index (χ1n) is 7.64. The maximum absolute atomic E-state index is 5.84. The van der Waals surface area contributed by atoms with Gasteiger partial charge in [-0.05, 0) is 32.2 Å². The molecule has 2 fully saturated rings. The molecule has 6 heteroatoms. The largest absolute Gasteiger partial charge is 0.381 e. The number of nitrogens with zero attached hydrogens (tertiary/aromatic N) is 2. The molecule has 112 valence electrons. The summed E-state index contributed by atoms with van der Waals surface area (Å²) in [5.74, 6) is 1.89. The summed E-state index contributed by atoms with van der Waals surface area (Å²) in [4.78, 5) is 4.49. The van der Waals surface area contributed by atoms with Crippen molar-refractivity contribution in [3.63, 3.8) is 0 Å². The number of ether oxygens (including phenoxy) is 2. The third kappa shape index (κ3) is 3.77. The minimum Gasteiger partial charge on any atom is -0.381 e. The predicted molar refractivity (Wildman–Crippen MR) is 72.6 cm³/mol. The van der Waals surface area contributed by atoms with Crippen molar-refractivity contribution < 1.29 is 14.0 Å². The van der Waals surface area contributed by atoms with E-state index in [0.29, 0.717) is 18.6 Å². The SMILES string of the molecule is C1CNCC(OCCc2noc(C3CCOCC3)n2)C1. The van der Waals surface area contributed by atoms with Crippen LogP contribution < -0.4 is 5.32 Å². The van der Waals surface area contributed by atoms with Crippen molar-refractivity contribution in [2.75, 3.05) is 32.9 Å². The van der Waals surface area contributed by atoms with E-state index in [-0.39, 0.29) is 0 Å². The van der Waals surface area contributed by atoms with Crippen LogP contribution in [0.1, 0.15) is 43.3 Å². The van der Waals surface area contributed by atoms with Gasteiger partial charge in [0.05, 0.1) is 12.7 Å². The molecular formula is C14H23N3O3. The number of hydrogen-bond donors (Lipinski definition) is 1. The maximum atomic E-state index is 5.84. The lowest BCUT2D eigenvalue weighted by atomic mass is 10.0. The van der Waals surface area contributed by atoms with E-state index in [0.717, 1.165) is 63.7 Å². The fourth-order valence-electron chi connectivity index (χ4n) is 2.76. The fourth-order valence-corrected chi connectivity index (χ4v) is 2.76. The van der Waals surface area contributed by atoms with Crippen LogP contribution in [0, 0.1) is 0 Å². The van der Waals surface area contributed by atoms with E-state index in [4.69, 9.17) is 14.0 Å². The Morgan fingerprint density at radius 3 is 2.95 bits per heavy atom. The Balaban J connectivity index is 1.42. The van der Waals surface area contributed by atoms with Crippen molar-refractivity contribution in [2.45, 2.75) is 44.1 Å². The van der Waals surface area contributed by atoms with E-state index in [9.17, 15) is 0 Å². The molecule has 0 aromatic carbocycles. The van der Waals surface area contributed by atoms with Gasteiger partial charge in [-0.1, -0.05) is 5.16 Å². The topological polar surface area (TPSA) is 69.4 Å². The van der Waals surface area contributed by atoms with E-state index >= 15 is 0 Å². The molecule has 0 radical (unpaired) electrons. The van der Waals surface area contributed by atoms with Crippen molar-refractivity contribution >= 4 is 0 Å². The van der Waals surface area contributed by atoms with E-state index in [1.807, 2.05) is 0 Å². The average molecular weight is 281 g/mol. The third-order valence-corrected chi connectivity index (χ3v) is 3.99. The summed E-state index contributed by atoms with van der Waals surface area (Å²) in [5, 5.41) is 7.40. The lowest BCUT2D eigenvalue weighted by Crippen LogP contribution is -2.35. The normalized spacial score (nSPS) is 24.9. The zero-order chi connectivity index (χ0) is 13.6. The van der Waals surface area contributed by atoms with Gasteiger partial charge in [0.1, 0.15) is 0 Å². The molecule has 6 nitrogen and oxygen atoms in total. The van der Waals surface area contributed by atoms with Gasteiger partial charge in [0.15, 0.2) is 5.82 Å². The minimum atomic E-state index is 0.339. The summed E-state index contributed by atoms with van der Waals surface area (Å²) >= 11 is 0. The van der Waals surface area contributed by atoms with Gasteiger partial charge in [-0.25, -0.2) is 0 Å². The summed E-state index contributed by atoms with van der Waals surface area (Å²) in [7, 11) is 0. The second-order valence-electron chi connectivity index (χ2n) is 5.52. The molecule has 0 bridgehead atoms. The Labute approximate surface area is 119 Å². The second-order valence-corrected chi connectivity index (χ2v) is 5.52. The lowest BCUT2D eigenvalue weighted by molar-refractivity contribution is 0.0381. The van der Waals surface area contributed by atoms with E-state index in [1.165, 1.54) is 6.42 Å². The molecule has 3 rings (SSSR count). The standard InChI is InChI=1S/C14H23N3O3/c1-2-12(10-15-6-1)19-9-5-13-16-14(20-17-13)11-3-7-18-8-4-11/h11-12,15H,1-10H2. The van der Waals surface area contributed by atoms with Crippen LogP contribution in [0.4, 0.5) is 0 Å². The number of aromatic nitrogens is 2. The summed E-state index contributed by atoms with van der Waals surface area (Å²) in [6, 6.07) is 0. The molecule has 2 aliphatic heterocycles. The smallest absolute Gasteiger partial charge is 0.229 e. The molecule has 0 saturated carbocycles. The molecule has 2 saturated heterocycles. The number of nitrogens with one attached hydrogen (secondary N) is 1. The predicted octanol–water partition coefficient (Wildman–Crippen LogP) is 1.27. The van der Waals surface area contributed by atoms with Gasteiger partial charge in [-0.2, -0.15) is 4.98 Å². The quantitative estimate of drug-likeness (QED) is 0.876. The molecular weight excluding hydrogens is 258 g/mol. The average Bonchev–Trinajstić information content (AvgIpc) is 2.98. The molecule has 1 aromatic heterocycles. The van der Waals surface area contributed by atoms with Crippen LogP contribution in [0.25, 0.3) is 0 Å². The Kier molecular flexibility index (Phi) is 5.00. The molecule has 1 aromatic rings. The highest BCUT2D eigenvalue weighted by Gasteiger charge is 2.22. The van der Waals surface area contributed by atoms with Crippen LogP contribution in [-0.2, 0) is 15.9 Å². The van der Waals surface area contributed by atoms with Crippen LogP contribution in [-0.4, -0.2) is 49.2 Å². The molecule has 1 atom stereocenters. The van der Waals surface area contributed by atoms with Gasteiger partial charge in [0, 0.05) is 32.1 Å². The van der Waals surface area contributed by atoms with Crippen molar-refractivity contribution in [1.29, 1.82) is 0 Å². The molecule has 3 heterocycles. The highest BCUT2D eigenvalue weighted by atomic mass is 16.5. The first-order valence-corrected chi connectivity index (χ1v) is 7.64. The molecule has 20 heavy (non-hydrogen) atoms. The molecule has 0 aliphatic carbocycles. The monoisotopic (exact) mass is 281 g/mol. The highest BCUT2D eigenvalue weighted by Crippen LogP contribution is 2.25. The van der Waals surface area contributed by atoms with Crippen LogP contribution in [0.15, 0.2) is 4.52 Å². The van der Waals surface area contributed by atoms with Crippen molar-refractivity contribution in [3.8, 4) is 0 Å². The van der Waals surface area contributed by atoms with Crippen LogP contribution in [0.2, 0.25) is 0 Å². The molecule has 0 spiro atoms. The fraction of sp³-hybridized carbons (Fsp3) is 0.857. The Hall–Kier alpha value is -0.980. The summed E-state index contributed by atoms with van der Waals surface area (Å²) < 4.78 is 16.5. The van der Waals surface area contributed by atoms with E-state index < -0.39 is 0 Å². The number of hydrogen-bond acceptors (Lipinski definition) is 6. The van der Waals surface area contributed by atoms with Crippen molar-refractivity contribution in [2.24, 2.45) is 0 Å². The van der Waals surface area contributed by atoms with Crippen LogP contribution >= 0.6 is 0 Å². The minimum absolute atomic E-state index is 0.339. The first-order chi connectivity index (χ1) is 9.92. The Morgan fingerprint density at radius 1 is 1.25 bits per heavy atom. The third-order valence-electron chi connectivity index (χ3n) is 3.99. The summed E-state index contributed by atoms with van der Waals surface area (Å²) in [6.07, 6.45) is 5.36. The van der Waals surface area contributed by atoms with Gasteiger partial charge >= 0.3 is 0 Å². The maximum Gasteiger partial charge on any atom is 0.229 e. The van der Waals surface area contributed by atoms with Gasteiger partial charge in [0.2, 0.25) is 5.89 Å². The first kappa shape index (κ1) is 14.0. The molecule has 2 aliphatic rings. The van der Waals surface area contributed by atoms with Gasteiger partial charge in [-0.15, -0.1) is 0 Å². The molecule has 1 N–H and O–H groups in total. The zero-order valence-corrected chi connectivity index (χ0v) is 11.8. The molecule has 1 unspecified atom stereocenters. The van der Waals surface area contributed by atoms with E-state index in [1.54, 1.807) is 0 Å². The van der Waals surface area contributed by atoms with Crippen molar-refractivity contribution in [1.82, 2.24) is 15.5 Å². The van der Waals surface area contributed by atoms with Gasteiger partial charge in [-0.3, -0.25) is 0 Å². The van der Waals surface area contributed by atoms with Gasteiger partial charge < -0.3 is 19.3 Å². The molecule has 0 amide bonds. The number of rotatable bonds is 5. The van der Waals surface area contributed by atoms with Crippen LogP contribution in [0.5, 0.6) is 0 Å². The van der Waals surface area contributed by atoms with E-state index in [2.05, 4.69) is 15.5 Å². The Bertz CT molecular complexity index is 398.